The molecule has 0 aromatic carbocycles. The molecule has 0 heterocycles. The molecule has 1 aliphatic carbocycles. The van der Waals surface area contributed by atoms with Crippen LogP contribution in [0.1, 0.15) is 32.6 Å². The van der Waals surface area contributed by atoms with E-state index >= 15 is 0 Å². The third-order valence-electron chi connectivity index (χ3n) is 2.58. The highest BCUT2D eigenvalue weighted by Gasteiger charge is 2.28. The molecule has 0 spiro atoms. The Morgan fingerprint density at radius 2 is 2.00 bits per heavy atom. The first-order valence-corrected chi connectivity index (χ1v) is 4.09. The summed E-state index contributed by atoms with van der Waals surface area (Å²) in [7, 11) is 5.43. The van der Waals surface area contributed by atoms with Crippen LogP contribution >= 0.6 is 0 Å². The lowest BCUT2D eigenvalue weighted by Gasteiger charge is -2.34. The van der Waals surface area contributed by atoms with Crippen LogP contribution in [-0.2, 0) is 0 Å². The zero-order valence-electron chi connectivity index (χ0n) is 6.64. The minimum absolute atomic E-state index is 0.430. The third kappa shape index (κ3) is 1.75. The zero-order valence-corrected chi connectivity index (χ0v) is 6.64. The van der Waals surface area contributed by atoms with Crippen molar-refractivity contribution < 1.29 is 5.11 Å². The Morgan fingerprint density at radius 1 is 1.50 bits per heavy atom. The SMILES string of the molecule is [B]CC1(O)CCC(C)CC1. The van der Waals surface area contributed by atoms with Gasteiger partial charge in [0, 0.05) is 0 Å². The molecule has 0 aromatic heterocycles. The molecular weight excluding hydrogens is 123 g/mol. The molecule has 56 valence electrons. The molecule has 1 rings (SSSR count). The molecule has 0 aromatic rings. The Bertz CT molecular complexity index is 106. The summed E-state index contributed by atoms with van der Waals surface area (Å²) in [6.45, 7) is 2.23. The van der Waals surface area contributed by atoms with Gasteiger partial charge < -0.3 is 5.11 Å². The van der Waals surface area contributed by atoms with Gasteiger partial charge in [0.15, 0.2) is 0 Å². The summed E-state index contributed by atoms with van der Waals surface area (Å²) in [5, 5.41) is 9.67. The molecule has 1 aliphatic rings. The predicted octanol–water partition coefficient (Wildman–Crippen LogP) is 1.51. The molecule has 0 atom stereocenters. The largest absolute Gasteiger partial charge is 0.391 e. The van der Waals surface area contributed by atoms with Crippen LogP contribution in [0.2, 0.25) is 6.32 Å². The van der Waals surface area contributed by atoms with E-state index < -0.39 is 5.60 Å². The van der Waals surface area contributed by atoms with Crippen LogP contribution in [0.25, 0.3) is 0 Å². The van der Waals surface area contributed by atoms with Crippen molar-refractivity contribution in [2.75, 3.05) is 0 Å². The lowest BCUT2D eigenvalue weighted by Crippen LogP contribution is -2.32. The Labute approximate surface area is 64.2 Å². The predicted molar refractivity (Wildman–Crippen MR) is 43.1 cm³/mol. The van der Waals surface area contributed by atoms with Crippen LogP contribution in [0.4, 0.5) is 0 Å². The zero-order chi connectivity index (χ0) is 7.61. The normalized spacial score (nSPS) is 41.6. The van der Waals surface area contributed by atoms with Gasteiger partial charge in [-0.2, -0.15) is 0 Å². The Hall–Kier alpha value is 0.0249. The topological polar surface area (TPSA) is 20.2 Å². The average molecular weight is 138 g/mol. The van der Waals surface area contributed by atoms with Crippen molar-refractivity contribution in [3.05, 3.63) is 0 Å². The van der Waals surface area contributed by atoms with Crippen LogP contribution < -0.4 is 0 Å². The van der Waals surface area contributed by atoms with E-state index in [-0.39, 0.29) is 0 Å². The molecule has 0 amide bonds. The third-order valence-corrected chi connectivity index (χ3v) is 2.58. The van der Waals surface area contributed by atoms with E-state index in [9.17, 15) is 5.11 Å². The molecule has 0 bridgehead atoms. The Morgan fingerprint density at radius 3 is 2.40 bits per heavy atom. The van der Waals surface area contributed by atoms with Crippen LogP contribution in [0, 0.1) is 5.92 Å². The van der Waals surface area contributed by atoms with Gasteiger partial charge in [-0.3, -0.25) is 0 Å². The van der Waals surface area contributed by atoms with Crippen molar-refractivity contribution in [2.45, 2.75) is 44.5 Å². The minimum Gasteiger partial charge on any atom is -0.391 e. The molecule has 0 saturated heterocycles. The molecule has 2 radical (unpaired) electrons. The number of rotatable bonds is 1. The van der Waals surface area contributed by atoms with Crippen LogP contribution in [-0.4, -0.2) is 18.6 Å². The molecule has 1 saturated carbocycles. The lowest BCUT2D eigenvalue weighted by molar-refractivity contribution is 0.0111. The molecule has 1 fully saturated rings. The highest BCUT2D eigenvalue weighted by molar-refractivity contribution is 6.09. The summed E-state index contributed by atoms with van der Waals surface area (Å²) in [6.07, 6.45) is 4.48. The van der Waals surface area contributed by atoms with Crippen molar-refractivity contribution in [3.63, 3.8) is 0 Å². The second-order valence-electron chi connectivity index (χ2n) is 3.61. The quantitative estimate of drug-likeness (QED) is 0.544. The highest BCUT2D eigenvalue weighted by atomic mass is 16.3. The van der Waals surface area contributed by atoms with Crippen LogP contribution in [0.15, 0.2) is 0 Å². The van der Waals surface area contributed by atoms with E-state index in [1.807, 2.05) is 0 Å². The second kappa shape index (κ2) is 2.95. The first-order valence-electron chi connectivity index (χ1n) is 4.09. The van der Waals surface area contributed by atoms with Gasteiger partial charge in [0.1, 0.15) is 0 Å². The molecule has 1 nitrogen and oxygen atoms in total. The van der Waals surface area contributed by atoms with Crippen LogP contribution in [0.3, 0.4) is 0 Å². The molecule has 10 heavy (non-hydrogen) atoms. The number of hydrogen-bond donors (Lipinski definition) is 1. The standard InChI is InChI=1S/C8H15BO/c1-7-2-4-8(10,6-9)5-3-7/h7,10H,2-6H2,1H3. The van der Waals surface area contributed by atoms with Crippen molar-refractivity contribution in [1.82, 2.24) is 0 Å². The van der Waals surface area contributed by atoms with Crippen molar-refractivity contribution in [2.24, 2.45) is 5.92 Å². The van der Waals surface area contributed by atoms with Crippen LogP contribution in [0.5, 0.6) is 0 Å². The Balaban J connectivity index is 2.38. The lowest BCUT2D eigenvalue weighted by atomic mass is 9.73. The molecule has 2 heteroatoms. The molecule has 0 aliphatic heterocycles. The number of aliphatic hydroxyl groups is 1. The summed E-state index contributed by atoms with van der Waals surface area (Å²) < 4.78 is 0. The maximum atomic E-state index is 9.67. The smallest absolute Gasteiger partial charge is 0.0691 e. The minimum atomic E-state index is -0.521. The van der Waals surface area contributed by atoms with Gasteiger partial charge in [0.2, 0.25) is 0 Å². The van der Waals surface area contributed by atoms with Gasteiger partial charge in [-0.15, -0.1) is 0 Å². The fourth-order valence-electron chi connectivity index (χ4n) is 1.50. The van der Waals surface area contributed by atoms with Gasteiger partial charge in [-0.25, -0.2) is 0 Å². The fourth-order valence-corrected chi connectivity index (χ4v) is 1.50. The van der Waals surface area contributed by atoms with Crippen molar-refractivity contribution in [1.29, 1.82) is 0 Å². The van der Waals surface area contributed by atoms with E-state index in [0.29, 0.717) is 6.32 Å². The second-order valence-corrected chi connectivity index (χ2v) is 3.61. The summed E-state index contributed by atoms with van der Waals surface area (Å²) in [6, 6.07) is 0. The molecule has 0 unspecified atom stereocenters. The number of hydrogen-bond acceptors (Lipinski definition) is 1. The summed E-state index contributed by atoms with van der Waals surface area (Å²) in [4.78, 5) is 0. The van der Waals surface area contributed by atoms with Gasteiger partial charge in [0.25, 0.3) is 0 Å². The maximum Gasteiger partial charge on any atom is 0.0691 e. The van der Waals surface area contributed by atoms with E-state index in [2.05, 4.69) is 6.92 Å². The van der Waals surface area contributed by atoms with E-state index in [1.165, 1.54) is 0 Å². The summed E-state index contributed by atoms with van der Waals surface area (Å²) in [5.41, 5.74) is -0.521. The maximum absolute atomic E-state index is 9.67. The van der Waals surface area contributed by atoms with Crippen molar-refractivity contribution >= 4 is 7.85 Å². The first kappa shape index (κ1) is 8.12. The van der Waals surface area contributed by atoms with E-state index in [0.717, 1.165) is 31.6 Å². The Kier molecular flexibility index (Phi) is 2.40. The summed E-state index contributed by atoms with van der Waals surface area (Å²) >= 11 is 0. The monoisotopic (exact) mass is 138 g/mol. The van der Waals surface area contributed by atoms with Gasteiger partial charge in [-0.05, 0) is 31.6 Å². The van der Waals surface area contributed by atoms with Gasteiger partial charge in [-0.1, -0.05) is 13.2 Å². The average Bonchev–Trinajstić information content (AvgIpc) is 1.96. The first-order chi connectivity index (χ1) is 4.66. The summed E-state index contributed by atoms with van der Waals surface area (Å²) in [5.74, 6) is 0.784. The highest BCUT2D eigenvalue weighted by Crippen LogP contribution is 2.33. The molecule has 1 N–H and O–H groups in total. The van der Waals surface area contributed by atoms with E-state index in [1.54, 1.807) is 0 Å². The van der Waals surface area contributed by atoms with Crippen molar-refractivity contribution in [3.8, 4) is 0 Å². The van der Waals surface area contributed by atoms with Gasteiger partial charge >= 0.3 is 0 Å². The molecular formula is C8H15BO. The fraction of sp³-hybridized carbons (Fsp3) is 1.00. The van der Waals surface area contributed by atoms with E-state index in [4.69, 9.17) is 7.85 Å². The van der Waals surface area contributed by atoms with Gasteiger partial charge in [0.05, 0.1) is 13.4 Å².